The first kappa shape index (κ1) is 26.3. The molecule has 1 heterocycles. The molecule has 3 aromatic carbocycles. The lowest BCUT2D eigenvalue weighted by Gasteiger charge is -2.27. The van der Waals surface area contributed by atoms with Gasteiger partial charge in [0.15, 0.2) is 0 Å². The average Bonchev–Trinajstić information content (AvgIpc) is 2.86. The van der Waals surface area contributed by atoms with E-state index < -0.39 is 17.4 Å². The quantitative estimate of drug-likeness (QED) is 0.331. The molecule has 0 spiro atoms. The van der Waals surface area contributed by atoms with E-state index in [9.17, 15) is 19.5 Å². The predicted octanol–water partition coefficient (Wildman–Crippen LogP) is 5.34. The van der Waals surface area contributed by atoms with Gasteiger partial charge in [0.2, 0.25) is 0 Å². The largest absolute Gasteiger partial charge is 0.495 e. The van der Waals surface area contributed by atoms with E-state index in [2.05, 4.69) is 5.32 Å². The van der Waals surface area contributed by atoms with Gasteiger partial charge in [-0.1, -0.05) is 65.7 Å². The molecule has 0 radical (unpaired) electrons. The summed E-state index contributed by atoms with van der Waals surface area (Å²) in [5.74, 6) is -1.45. The summed E-state index contributed by atoms with van der Waals surface area (Å²) < 4.78 is 7.20. The molecule has 4 rings (SSSR count). The van der Waals surface area contributed by atoms with Crippen LogP contribution in [0.25, 0.3) is 22.0 Å². The van der Waals surface area contributed by atoms with Crippen molar-refractivity contribution in [3.8, 4) is 16.9 Å². The number of fused-ring (bicyclic) bond motifs is 1. The van der Waals surface area contributed by atoms with Gasteiger partial charge in [-0.2, -0.15) is 0 Å². The van der Waals surface area contributed by atoms with Crippen LogP contribution in [-0.2, 0) is 18.3 Å². The second-order valence-corrected chi connectivity index (χ2v) is 9.67. The highest BCUT2D eigenvalue weighted by Crippen LogP contribution is 2.34. The number of halogens is 2. The summed E-state index contributed by atoms with van der Waals surface area (Å²) in [6.45, 7) is 1.41. The fourth-order valence-corrected chi connectivity index (χ4v) is 4.90. The number of aromatic nitrogens is 1. The lowest BCUT2D eigenvalue weighted by atomic mass is 9.91. The van der Waals surface area contributed by atoms with E-state index in [0.29, 0.717) is 22.4 Å². The summed E-state index contributed by atoms with van der Waals surface area (Å²) in [6.07, 6.45) is -0.0245. The lowest BCUT2D eigenvalue weighted by Crippen LogP contribution is -2.53. The minimum absolute atomic E-state index is 0.00732. The molecule has 7 nitrogen and oxygen atoms in total. The van der Waals surface area contributed by atoms with E-state index in [1.807, 2.05) is 24.3 Å². The van der Waals surface area contributed by atoms with Gasteiger partial charge in [-0.3, -0.25) is 9.59 Å². The van der Waals surface area contributed by atoms with Crippen LogP contribution >= 0.6 is 23.2 Å². The predicted molar refractivity (Wildman–Crippen MR) is 145 cm³/mol. The average molecular weight is 539 g/mol. The van der Waals surface area contributed by atoms with Crippen molar-refractivity contribution in [3.63, 3.8) is 0 Å². The molecular weight excluding hydrogens is 515 g/mol. The number of amides is 1. The van der Waals surface area contributed by atoms with Crippen LogP contribution in [0.15, 0.2) is 71.5 Å². The number of carboxylic acid groups (broad SMARTS) is 1. The van der Waals surface area contributed by atoms with Crippen LogP contribution in [0.3, 0.4) is 0 Å². The number of ether oxygens (including phenoxy) is 1. The number of hydrogen-bond donors (Lipinski definition) is 2. The van der Waals surface area contributed by atoms with Crippen molar-refractivity contribution in [1.29, 1.82) is 0 Å². The summed E-state index contributed by atoms with van der Waals surface area (Å²) in [5, 5.41) is 13.5. The van der Waals surface area contributed by atoms with Crippen LogP contribution in [-0.4, -0.2) is 34.2 Å². The van der Waals surface area contributed by atoms with Crippen molar-refractivity contribution in [2.24, 2.45) is 7.05 Å². The lowest BCUT2D eigenvalue weighted by molar-refractivity contribution is -0.143. The minimum atomic E-state index is -1.65. The van der Waals surface area contributed by atoms with Crippen molar-refractivity contribution < 1.29 is 19.4 Å². The standard InChI is InChI=1S/C28H24Cl2N2O5/c1-28(27(35)36,31-25(33)23-19(29)8-6-9-20(23)30)15-16-11-13-17(14-12-16)22-24(37-3)18-7-4-5-10-21(18)32(2)26(22)34/h4-14H,15H2,1-3H3,(H,31,33)(H,35,36)/t28-/m0/s1. The van der Waals surface area contributed by atoms with Gasteiger partial charge in [0, 0.05) is 18.9 Å². The van der Waals surface area contributed by atoms with Crippen LogP contribution in [0.2, 0.25) is 10.0 Å². The second-order valence-electron chi connectivity index (χ2n) is 8.85. The first-order chi connectivity index (χ1) is 17.6. The Morgan fingerprint density at radius 1 is 1.00 bits per heavy atom. The van der Waals surface area contributed by atoms with Crippen molar-refractivity contribution >= 4 is 46.0 Å². The topological polar surface area (TPSA) is 97.6 Å². The maximum Gasteiger partial charge on any atom is 0.329 e. The molecule has 0 unspecified atom stereocenters. The molecule has 190 valence electrons. The van der Waals surface area contributed by atoms with E-state index in [-0.39, 0.29) is 27.6 Å². The molecule has 9 heteroatoms. The van der Waals surface area contributed by atoms with Crippen molar-refractivity contribution in [2.45, 2.75) is 18.9 Å². The molecule has 0 aliphatic carbocycles. The van der Waals surface area contributed by atoms with Gasteiger partial charge in [-0.25, -0.2) is 4.79 Å². The number of pyridine rings is 1. The third-order valence-electron chi connectivity index (χ3n) is 6.31. The Labute approximate surface area is 223 Å². The van der Waals surface area contributed by atoms with Crippen molar-refractivity contribution in [2.75, 3.05) is 7.11 Å². The fraction of sp³-hybridized carbons (Fsp3) is 0.179. The number of rotatable bonds is 7. The Morgan fingerprint density at radius 3 is 2.22 bits per heavy atom. The van der Waals surface area contributed by atoms with Crippen LogP contribution in [0, 0.1) is 0 Å². The minimum Gasteiger partial charge on any atom is -0.495 e. The summed E-state index contributed by atoms with van der Waals surface area (Å²) >= 11 is 12.2. The van der Waals surface area contributed by atoms with Gasteiger partial charge in [0.25, 0.3) is 11.5 Å². The van der Waals surface area contributed by atoms with Gasteiger partial charge in [0.1, 0.15) is 11.3 Å². The van der Waals surface area contributed by atoms with Crippen molar-refractivity contribution in [1.82, 2.24) is 9.88 Å². The number of carbonyl (C=O) groups is 2. The first-order valence-corrected chi connectivity index (χ1v) is 12.1. The van der Waals surface area contributed by atoms with Gasteiger partial charge in [-0.05, 0) is 42.3 Å². The number of hydrogen-bond acceptors (Lipinski definition) is 4. The Balaban J connectivity index is 1.67. The van der Waals surface area contributed by atoms with Gasteiger partial charge >= 0.3 is 5.97 Å². The number of para-hydroxylation sites is 1. The van der Waals surface area contributed by atoms with Crippen LogP contribution in [0.1, 0.15) is 22.8 Å². The number of nitrogens with one attached hydrogen (secondary N) is 1. The third-order valence-corrected chi connectivity index (χ3v) is 6.94. The summed E-state index contributed by atoms with van der Waals surface area (Å²) in [4.78, 5) is 38.3. The zero-order valence-corrected chi connectivity index (χ0v) is 21.9. The molecular formula is C28H24Cl2N2O5. The van der Waals surface area contributed by atoms with E-state index in [1.54, 1.807) is 41.9 Å². The highest BCUT2D eigenvalue weighted by molar-refractivity contribution is 6.39. The van der Waals surface area contributed by atoms with Crippen LogP contribution in [0.4, 0.5) is 0 Å². The molecule has 1 amide bonds. The highest BCUT2D eigenvalue weighted by atomic mass is 35.5. The zero-order chi connectivity index (χ0) is 26.9. The van der Waals surface area contributed by atoms with Gasteiger partial charge < -0.3 is 19.7 Å². The maximum absolute atomic E-state index is 13.2. The molecule has 0 aliphatic heterocycles. The molecule has 0 bridgehead atoms. The number of carbonyl (C=O) groups excluding carboxylic acids is 1. The monoisotopic (exact) mass is 538 g/mol. The summed E-state index contributed by atoms with van der Waals surface area (Å²) in [6, 6.07) is 19.0. The Kier molecular flexibility index (Phi) is 7.30. The number of aryl methyl sites for hydroxylation is 1. The molecule has 0 aliphatic rings. The van der Waals surface area contributed by atoms with Gasteiger partial charge in [0.05, 0.1) is 33.8 Å². The number of nitrogens with zero attached hydrogens (tertiary/aromatic N) is 1. The van der Waals surface area contributed by atoms with E-state index in [4.69, 9.17) is 27.9 Å². The molecule has 0 saturated carbocycles. The molecule has 0 fully saturated rings. The highest BCUT2D eigenvalue weighted by Gasteiger charge is 2.36. The molecule has 0 saturated heterocycles. The first-order valence-electron chi connectivity index (χ1n) is 11.3. The van der Waals surface area contributed by atoms with E-state index in [1.165, 1.54) is 26.2 Å². The Morgan fingerprint density at radius 2 is 1.62 bits per heavy atom. The summed E-state index contributed by atoms with van der Waals surface area (Å²) in [7, 11) is 3.22. The number of benzene rings is 3. The second kappa shape index (κ2) is 10.3. The van der Waals surface area contributed by atoms with Crippen LogP contribution in [0.5, 0.6) is 5.75 Å². The number of carboxylic acids is 1. The molecule has 37 heavy (non-hydrogen) atoms. The summed E-state index contributed by atoms with van der Waals surface area (Å²) in [5.41, 5.74) is 0.536. The fourth-order valence-electron chi connectivity index (χ4n) is 4.33. The van der Waals surface area contributed by atoms with Gasteiger partial charge in [-0.15, -0.1) is 0 Å². The molecule has 2 N–H and O–H groups in total. The molecule has 1 aromatic heterocycles. The smallest absolute Gasteiger partial charge is 0.329 e. The van der Waals surface area contributed by atoms with Crippen LogP contribution < -0.4 is 15.6 Å². The number of aliphatic carboxylic acids is 1. The SMILES string of the molecule is COc1c(-c2ccc(C[C@](C)(NC(=O)c3c(Cl)cccc3Cl)C(=O)O)cc2)c(=O)n(C)c2ccccc12. The Hall–Kier alpha value is -3.81. The third kappa shape index (κ3) is 4.92. The number of methoxy groups -OCH3 is 1. The molecule has 1 atom stereocenters. The van der Waals surface area contributed by atoms with Crippen molar-refractivity contribution in [3.05, 3.63) is 98.3 Å². The normalized spacial score (nSPS) is 12.7. The maximum atomic E-state index is 13.2. The van der Waals surface area contributed by atoms with E-state index >= 15 is 0 Å². The van der Waals surface area contributed by atoms with E-state index in [0.717, 1.165) is 10.9 Å². The Bertz CT molecular complexity index is 1560. The molecule has 4 aromatic rings. The zero-order valence-electron chi connectivity index (χ0n) is 20.3.